The van der Waals surface area contributed by atoms with Crippen LogP contribution in [-0.2, 0) is 16.5 Å². The van der Waals surface area contributed by atoms with Crippen LogP contribution in [0.5, 0.6) is 0 Å². The number of carbonyl (C=O) groups excluding carboxylic acids is 1. The number of rotatable bonds is 3. The predicted octanol–water partition coefficient (Wildman–Crippen LogP) is 0.952. The minimum atomic E-state index is -0.0938. The van der Waals surface area contributed by atoms with Crippen LogP contribution < -0.4 is 5.32 Å². The topological polar surface area (TPSA) is 68.6 Å². The number of ether oxygens (including phenoxy) is 2. The molecule has 3 aliphatic rings. The molecule has 3 aliphatic heterocycles. The maximum atomic E-state index is 12.4. The molecule has 1 amide bonds. The summed E-state index contributed by atoms with van der Waals surface area (Å²) in [6, 6.07) is 0.804. The smallest absolute Gasteiger partial charge is 0.254 e. The zero-order valence-corrected chi connectivity index (χ0v) is 14.9. The molecule has 3 fully saturated rings. The van der Waals surface area contributed by atoms with Gasteiger partial charge in [0.15, 0.2) is 0 Å². The Labute approximate surface area is 148 Å². The molecule has 0 unspecified atom stereocenters. The highest BCUT2D eigenvalue weighted by Gasteiger charge is 2.45. The molecule has 1 spiro atoms. The van der Waals surface area contributed by atoms with E-state index in [1.165, 1.54) is 0 Å². The van der Waals surface area contributed by atoms with Crippen LogP contribution in [0.4, 0.5) is 0 Å². The normalized spacial score (nSPS) is 31.5. The first-order chi connectivity index (χ1) is 12.1. The standard InChI is InChI=1S/C18H28N4O3/c1-21-12-14(11-19-21)17(23)20-15-2-9-25-18(10-15)5-6-22(13-18)16-3-7-24-8-4-16/h11-12,15-16H,2-10,13H2,1H3,(H,20,23)/t15-,18-/m1/s1. The molecule has 138 valence electrons. The van der Waals surface area contributed by atoms with Crippen LogP contribution in [0.15, 0.2) is 12.4 Å². The number of likely N-dealkylation sites (tertiary alicyclic amines) is 1. The monoisotopic (exact) mass is 348 g/mol. The van der Waals surface area contributed by atoms with E-state index in [0.717, 1.165) is 65.0 Å². The molecule has 4 rings (SSSR count). The average molecular weight is 348 g/mol. The molecule has 0 saturated carbocycles. The summed E-state index contributed by atoms with van der Waals surface area (Å²) in [6.07, 6.45) is 8.46. The first kappa shape index (κ1) is 17.0. The van der Waals surface area contributed by atoms with Crippen LogP contribution in [-0.4, -0.2) is 71.2 Å². The van der Waals surface area contributed by atoms with Gasteiger partial charge in [0.05, 0.1) is 17.4 Å². The van der Waals surface area contributed by atoms with Crippen molar-refractivity contribution < 1.29 is 14.3 Å². The quantitative estimate of drug-likeness (QED) is 0.881. The van der Waals surface area contributed by atoms with Gasteiger partial charge in [-0.2, -0.15) is 5.10 Å². The lowest BCUT2D eigenvalue weighted by molar-refractivity contribution is -0.0828. The summed E-state index contributed by atoms with van der Waals surface area (Å²) < 4.78 is 13.4. The van der Waals surface area contributed by atoms with Crippen LogP contribution in [0.3, 0.4) is 0 Å². The van der Waals surface area contributed by atoms with E-state index in [0.29, 0.717) is 11.6 Å². The van der Waals surface area contributed by atoms with Crippen molar-refractivity contribution in [1.29, 1.82) is 0 Å². The molecule has 0 aliphatic carbocycles. The maximum Gasteiger partial charge on any atom is 0.254 e. The number of amides is 1. The molecule has 0 radical (unpaired) electrons. The molecule has 1 aromatic heterocycles. The number of aromatic nitrogens is 2. The summed E-state index contributed by atoms with van der Waals surface area (Å²) in [4.78, 5) is 15.0. The van der Waals surface area contributed by atoms with Gasteiger partial charge in [0, 0.05) is 58.2 Å². The van der Waals surface area contributed by atoms with E-state index in [9.17, 15) is 4.79 Å². The second-order valence-corrected chi connectivity index (χ2v) is 7.66. The molecule has 2 atom stereocenters. The van der Waals surface area contributed by atoms with E-state index in [1.807, 2.05) is 7.05 Å². The Morgan fingerprint density at radius 3 is 2.92 bits per heavy atom. The molecular weight excluding hydrogens is 320 g/mol. The van der Waals surface area contributed by atoms with Crippen molar-refractivity contribution in [3.05, 3.63) is 18.0 Å². The van der Waals surface area contributed by atoms with Gasteiger partial charge >= 0.3 is 0 Å². The Morgan fingerprint density at radius 1 is 1.32 bits per heavy atom. The van der Waals surface area contributed by atoms with E-state index in [-0.39, 0.29) is 17.6 Å². The number of nitrogens with one attached hydrogen (secondary N) is 1. The Bertz CT molecular complexity index is 613. The van der Waals surface area contributed by atoms with Crippen molar-refractivity contribution in [2.24, 2.45) is 7.05 Å². The molecule has 1 N–H and O–H groups in total. The highest BCUT2D eigenvalue weighted by Crippen LogP contribution is 2.36. The van der Waals surface area contributed by atoms with Crippen LogP contribution >= 0.6 is 0 Å². The molecule has 1 aromatic rings. The van der Waals surface area contributed by atoms with Crippen LogP contribution in [0.2, 0.25) is 0 Å². The maximum absolute atomic E-state index is 12.4. The van der Waals surface area contributed by atoms with Crippen LogP contribution in [0, 0.1) is 0 Å². The Balaban J connectivity index is 1.35. The van der Waals surface area contributed by atoms with Gasteiger partial charge in [-0.25, -0.2) is 0 Å². The first-order valence-corrected chi connectivity index (χ1v) is 9.39. The van der Waals surface area contributed by atoms with Gasteiger partial charge in [-0.1, -0.05) is 0 Å². The van der Waals surface area contributed by atoms with E-state index in [4.69, 9.17) is 9.47 Å². The van der Waals surface area contributed by atoms with Crippen molar-refractivity contribution in [3.63, 3.8) is 0 Å². The minimum absolute atomic E-state index is 0.0329. The van der Waals surface area contributed by atoms with Gasteiger partial charge in [0.2, 0.25) is 0 Å². The fraction of sp³-hybridized carbons (Fsp3) is 0.778. The Hall–Kier alpha value is -1.44. The highest BCUT2D eigenvalue weighted by atomic mass is 16.5. The van der Waals surface area contributed by atoms with Crippen molar-refractivity contribution in [1.82, 2.24) is 20.0 Å². The highest BCUT2D eigenvalue weighted by molar-refractivity contribution is 5.93. The molecule has 0 aromatic carbocycles. The fourth-order valence-electron chi connectivity index (χ4n) is 4.48. The third kappa shape index (κ3) is 3.73. The second kappa shape index (κ2) is 7.05. The number of nitrogens with zero attached hydrogens (tertiary/aromatic N) is 3. The predicted molar refractivity (Wildman–Crippen MR) is 92.4 cm³/mol. The molecule has 4 heterocycles. The average Bonchev–Trinajstić information content (AvgIpc) is 3.23. The molecule has 7 heteroatoms. The molecule has 7 nitrogen and oxygen atoms in total. The van der Waals surface area contributed by atoms with E-state index < -0.39 is 0 Å². The SMILES string of the molecule is Cn1cc(C(=O)N[C@@H]2CCO[C@]3(CCN(C4CCOCC4)C3)C2)cn1. The van der Waals surface area contributed by atoms with Gasteiger partial charge in [0.1, 0.15) is 0 Å². The number of carbonyl (C=O) groups is 1. The van der Waals surface area contributed by atoms with Gasteiger partial charge < -0.3 is 14.8 Å². The zero-order chi connectivity index (χ0) is 17.3. The largest absolute Gasteiger partial charge is 0.381 e. The summed E-state index contributed by atoms with van der Waals surface area (Å²) in [5.41, 5.74) is 0.530. The van der Waals surface area contributed by atoms with Crippen LogP contribution in [0.25, 0.3) is 0 Å². The van der Waals surface area contributed by atoms with E-state index in [1.54, 1.807) is 17.1 Å². The van der Waals surface area contributed by atoms with Crippen molar-refractivity contribution in [3.8, 4) is 0 Å². The summed E-state index contributed by atoms with van der Waals surface area (Å²) in [7, 11) is 1.82. The van der Waals surface area contributed by atoms with E-state index in [2.05, 4.69) is 15.3 Å². The summed E-state index contributed by atoms with van der Waals surface area (Å²) in [5, 5.41) is 7.26. The second-order valence-electron chi connectivity index (χ2n) is 7.66. The molecule has 0 bridgehead atoms. The van der Waals surface area contributed by atoms with Crippen molar-refractivity contribution >= 4 is 5.91 Å². The van der Waals surface area contributed by atoms with Crippen molar-refractivity contribution in [2.45, 2.75) is 49.8 Å². The summed E-state index contributed by atoms with van der Waals surface area (Å²) in [5.74, 6) is -0.0329. The number of hydrogen-bond donors (Lipinski definition) is 1. The van der Waals surface area contributed by atoms with E-state index >= 15 is 0 Å². The van der Waals surface area contributed by atoms with Gasteiger partial charge in [-0.05, 0) is 32.1 Å². The summed E-state index contributed by atoms with van der Waals surface area (Å²) in [6.45, 7) is 4.54. The minimum Gasteiger partial charge on any atom is -0.381 e. The number of hydrogen-bond acceptors (Lipinski definition) is 5. The third-order valence-electron chi connectivity index (χ3n) is 5.85. The lowest BCUT2D eigenvalue weighted by Crippen LogP contribution is -2.50. The lowest BCUT2D eigenvalue weighted by Gasteiger charge is -2.39. The fourth-order valence-corrected chi connectivity index (χ4v) is 4.48. The number of aryl methyl sites for hydroxylation is 1. The van der Waals surface area contributed by atoms with Gasteiger partial charge in [-0.3, -0.25) is 14.4 Å². The lowest BCUT2D eigenvalue weighted by atomic mass is 9.89. The Kier molecular flexibility index (Phi) is 4.80. The first-order valence-electron chi connectivity index (χ1n) is 9.39. The van der Waals surface area contributed by atoms with Crippen LogP contribution in [0.1, 0.15) is 42.5 Å². The zero-order valence-electron chi connectivity index (χ0n) is 14.9. The summed E-state index contributed by atoms with van der Waals surface area (Å²) >= 11 is 0. The molecule has 3 saturated heterocycles. The van der Waals surface area contributed by atoms with Gasteiger partial charge in [0.25, 0.3) is 5.91 Å². The Morgan fingerprint density at radius 2 is 2.16 bits per heavy atom. The van der Waals surface area contributed by atoms with Crippen molar-refractivity contribution in [2.75, 3.05) is 32.9 Å². The van der Waals surface area contributed by atoms with Gasteiger partial charge in [-0.15, -0.1) is 0 Å². The molecule has 25 heavy (non-hydrogen) atoms. The molecular formula is C18H28N4O3. The third-order valence-corrected chi connectivity index (χ3v) is 5.85.